The molecule has 0 aliphatic carbocycles. The van der Waals surface area contributed by atoms with Gasteiger partial charge in [-0.05, 0) is 12.1 Å². The van der Waals surface area contributed by atoms with Gasteiger partial charge in [0.2, 0.25) is 0 Å². The predicted molar refractivity (Wildman–Crippen MR) is 82.2 cm³/mol. The summed E-state index contributed by atoms with van der Waals surface area (Å²) >= 11 is 0. The number of hydrogen-bond donors (Lipinski definition) is 0. The fourth-order valence-electron chi connectivity index (χ4n) is 2.25. The standard InChI is InChI=1S/C15H10FN3.C2H6/c1-19-14(9-17)12-7-4-6-11(15(12)18-19)10-5-2-3-8-13(10)16;1-2/h2-8H,1H3;1-2H3. The van der Waals surface area contributed by atoms with Gasteiger partial charge < -0.3 is 0 Å². The van der Waals surface area contributed by atoms with E-state index in [1.165, 1.54) is 10.7 Å². The average molecular weight is 281 g/mol. The third-order valence-corrected chi connectivity index (χ3v) is 3.13. The molecule has 3 aromatic rings. The molecule has 0 radical (unpaired) electrons. The number of nitriles is 1. The van der Waals surface area contributed by atoms with E-state index >= 15 is 0 Å². The highest BCUT2D eigenvalue weighted by Crippen LogP contribution is 2.30. The molecule has 0 saturated heterocycles. The van der Waals surface area contributed by atoms with Crippen molar-refractivity contribution in [2.45, 2.75) is 13.8 Å². The van der Waals surface area contributed by atoms with Crippen molar-refractivity contribution >= 4 is 10.9 Å². The highest BCUT2D eigenvalue weighted by molar-refractivity contribution is 5.96. The second-order valence-electron chi connectivity index (χ2n) is 4.27. The molecule has 0 aliphatic rings. The summed E-state index contributed by atoms with van der Waals surface area (Å²) in [5.74, 6) is -0.292. The second kappa shape index (κ2) is 6.19. The molecule has 106 valence electrons. The minimum absolute atomic E-state index is 0.292. The number of halogens is 1. The Morgan fingerprint density at radius 1 is 1.05 bits per heavy atom. The van der Waals surface area contributed by atoms with Crippen LogP contribution in [-0.4, -0.2) is 9.78 Å². The third kappa shape index (κ3) is 2.50. The summed E-state index contributed by atoms with van der Waals surface area (Å²) in [5.41, 5.74) is 2.32. The Kier molecular flexibility index (Phi) is 4.34. The van der Waals surface area contributed by atoms with Crippen LogP contribution < -0.4 is 0 Å². The molecule has 0 N–H and O–H groups in total. The topological polar surface area (TPSA) is 41.6 Å². The number of aromatic nitrogens is 2. The van der Waals surface area contributed by atoms with Crippen LogP contribution in [0.25, 0.3) is 22.0 Å². The van der Waals surface area contributed by atoms with Crippen LogP contribution in [0.5, 0.6) is 0 Å². The van der Waals surface area contributed by atoms with Gasteiger partial charge in [-0.25, -0.2) is 4.39 Å². The first kappa shape index (κ1) is 14.7. The summed E-state index contributed by atoms with van der Waals surface area (Å²) in [5, 5.41) is 14.2. The Balaban J connectivity index is 0.000000774. The van der Waals surface area contributed by atoms with Crippen molar-refractivity contribution < 1.29 is 4.39 Å². The molecule has 0 fully saturated rings. The number of benzene rings is 2. The van der Waals surface area contributed by atoms with Gasteiger partial charge in [0.15, 0.2) is 0 Å². The number of hydrogen-bond acceptors (Lipinski definition) is 2. The molecular formula is C17H16FN3. The lowest BCUT2D eigenvalue weighted by Gasteiger charge is -2.03. The molecule has 0 amide bonds. The summed E-state index contributed by atoms with van der Waals surface area (Å²) in [6, 6.07) is 14.1. The zero-order valence-electron chi connectivity index (χ0n) is 12.3. The number of fused-ring (bicyclic) bond motifs is 1. The zero-order valence-corrected chi connectivity index (χ0v) is 12.3. The molecule has 1 heterocycles. The van der Waals surface area contributed by atoms with Crippen molar-refractivity contribution in [3.8, 4) is 17.2 Å². The Morgan fingerprint density at radius 2 is 1.71 bits per heavy atom. The van der Waals surface area contributed by atoms with Crippen molar-refractivity contribution in [3.05, 3.63) is 54.0 Å². The fraction of sp³-hybridized carbons (Fsp3) is 0.176. The predicted octanol–water partition coefficient (Wildman–Crippen LogP) is 4.28. The van der Waals surface area contributed by atoms with E-state index in [1.807, 2.05) is 32.0 Å². The van der Waals surface area contributed by atoms with Gasteiger partial charge in [0.25, 0.3) is 0 Å². The summed E-state index contributed by atoms with van der Waals surface area (Å²) in [7, 11) is 1.71. The second-order valence-corrected chi connectivity index (χ2v) is 4.27. The maximum Gasteiger partial charge on any atom is 0.146 e. The Morgan fingerprint density at radius 3 is 2.38 bits per heavy atom. The molecule has 21 heavy (non-hydrogen) atoms. The molecular weight excluding hydrogens is 265 g/mol. The quantitative estimate of drug-likeness (QED) is 0.668. The van der Waals surface area contributed by atoms with Gasteiger partial charge >= 0.3 is 0 Å². The lowest BCUT2D eigenvalue weighted by atomic mass is 10.0. The lowest BCUT2D eigenvalue weighted by Crippen LogP contribution is -1.92. The van der Waals surface area contributed by atoms with Crippen LogP contribution in [-0.2, 0) is 7.05 Å². The van der Waals surface area contributed by atoms with E-state index in [0.717, 1.165) is 5.39 Å². The molecule has 0 unspecified atom stereocenters. The van der Waals surface area contributed by atoms with Crippen molar-refractivity contribution in [2.24, 2.45) is 7.05 Å². The van der Waals surface area contributed by atoms with E-state index in [9.17, 15) is 4.39 Å². The van der Waals surface area contributed by atoms with Crippen molar-refractivity contribution in [1.82, 2.24) is 9.78 Å². The van der Waals surface area contributed by atoms with Crippen LogP contribution >= 0.6 is 0 Å². The van der Waals surface area contributed by atoms with Crippen LogP contribution in [0, 0.1) is 17.1 Å². The molecule has 0 aliphatic heterocycles. The van der Waals surface area contributed by atoms with Gasteiger partial charge in [-0.15, -0.1) is 0 Å². The molecule has 0 atom stereocenters. The largest absolute Gasteiger partial charge is 0.257 e. The molecule has 2 aromatic carbocycles. The molecule has 4 heteroatoms. The Hall–Kier alpha value is -2.67. The number of aryl methyl sites for hydroxylation is 1. The van der Waals surface area contributed by atoms with E-state index < -0.39 is 0 Å². The summed E-state index contributed by atoms with van der Waals surface area (Å²) in [6.45, 7) is 4.00. The fourth-order valence-corrected chi connectivity index (χ4v) is 2.25. The summed E-state index contributed by atoms with van der Waals surface area (Å²) < 4.78 is 15.4. The van der Waals surface area contributed by atoms with E-state index in [4.69, 9.17) is 5.26 Å². The summed E-state index contributed by atoms with van der Waals surface area (Å²) in [6.07, 6.45) is 0. The molecule has 0 bridgehead atoms. The lowest BCUT2D eigenvalue weighted by molar-refractivity contribution is 0.631. The van der Waals surface area contributed by atoms with E-state index in [-0.39, 0.29) is 5.82 Å². The minimum Gasteiger partial charge on any atom is -0.257 e. The van der Waals surface area contributed by atoms with E-state index in [0.29, 0.717) is 22.3 Å². The number of rotatable bonds is 1. The van der Waals surface area contributed by atoms with E-state index in [1.54, 1.807) is 25.2 Å². The van der Waals surface area contributed by atoms with Gasteiger partial charge in [0.05, 0.1) is 0 Å². The average Bonchev–Trinajstić information content (AvgIpc) is 2.85. The van der Waals surface area contributed by atoms with Crippen molar-refractivity contribution in [2.75, 3.05) is 0 Å². The monoisotopic (exact) mass is 281 g/mol. The summed E-state index contributed by atoms with van der Waals surface area (Å²) in [4.78, 5) is 0. The van der Waals surface area contributed by atoms with Crippen molar-refractivity contribution in [3.63, 3.8) is 0 Å². The van der Waals surface area contributed by atoms with Gasteiger partial charge in [0, 0.05) is 23.6 Å². The van der Waals surface area contributed by atoms with Crippen LogP contribution in [0.4, 0.5) is 4.39 Å². The highest BCUT2D eigenvalue weighted by Gasteiger charge is 2.14. The molecule has 0 spiro atoms. The van der Waals surface area contributed by atoms with Gasteiger partial charge in [-0.3, -0.25) is 4.68 Å². The number of nitrogens with zero attached hydrogens (tertiary/aromatic N) is 3. The van der Waals surface area contributed by atoms with Gasteiger partial charge in [-0.1, -0.05) is 44.2 Å². The Bertz CT molecular complexity index is 813. The normalized spacial score (nSPS) is 9.86. The first-order valence-electron chi connectivity index (χ1n) is 6.83. The van der Waals surface area contributed by atoms with Gasteiger partial charge in [0.1, 0.15) is 23.1 Å². The maximum atomic E-state index is 13.9. The maximum absolute atomic E-state index is 13.9. The van der Waals surface area contributed by atoms with Crippen LogP contribution in [0.15, 0.2) is 42.5 Å². The molecule has 3 nitrogen and oxygen atoms in total. The minimum atomic E-state index is -0.292. The van der Waals surface area contributed by atoms with Crippen LogP contribution in [0.1, 0.15) is 19.5 Å². The third-order valence-electron chi connectivity index (χ3n) is 3.13. The van der Waals surface area contributed by atoms with E-state index in [2.05, 4.69) is 11.2 Å². The van der Waals surface area contributed by atoms with Crippen molar-refractivity contribution in [1.29, 1.82) is 5.26 Å². The van der Waals surface area contributed by atoms with Crippen LogP contribution in [0.3, 0.4) is 0 Å². The first-order valence-corrected chi connectivity index (χ1v) is 6.83. The van der Waals surface area contributed by atoms with Gasteiger partial charge in [-0.2, -0.15) is 10.4 Å². The Labute approximate surface area is 123 Å². The smallest absolute Gasteiger partial charge is 0.146 e. The molecule has 3 rings (SSSR count). The van der Waals surface area contributed by atoms with Crippen LogP contribution in [0.2, 0.25) is 0 Å². The molecule has 0 saturated carbocycles. The first-order chi connectivity index (χ1) is 10.2. The molecule has 1 aromatic heterocycles. The highest BCUT2D eigenvalue weighted by atomic mass is 19.1. The SMILES string of the molecule is CC.Cn1nc2c(-c3ccccc3F)cccc2c1C#N. The zero-order chi connectivity index (χ0) is 15.4.